The molecule has 2 N–H and O–H groups in total. The molecular formula is C24H31ClN2O3. The number of hydrogen-bond donors (Lipinski definition) is 1. The van der Waals surface area contributed by atoms with Crippen molar-refractivity contribution in [2.24, 2.45) is 17.6 Å². The van der Waals surface area contributed by atoms with E-state index in [0.717, 1.165) is 49.7 Å². The molecule has 1 amide bonds. The summed E-state index contributed by atoms with van der Waals surface area (Å²) in [5.41, 5.74) is 8.40. The van der Waals surface area contributed by atoms with Crippen LogP contribution >= 0.6 is 11.6 Å². The number of nitrogens with two attached hydrogens (primary N) is 1. The van der Waals surface area contributed by atoms with Crippen molar-refractivity contribution in [3.05, 3.63) is 33.8 Å². The lowest BCUT2D eigenvalue weighted by Gasteiger charge is -2.40. The zero-order valence-electron chi connectivity index (χ0n) is 17.7. The number of amides is 1. The van der Waals surface area contributed by atoms with E-state index in [2.05, 4.69) is 6.92 Å². The summed E-state index contributed by atoms with van der Waals surface area (Å²) in [7, 11) is 0. The molecule has 5 nitrogen and oxygen atoms in total. The van der Waals surface area contributed by atoms with Crippen molar-refractivity contribution in [2.45, 2.75) is 76.8 Å². The molecule has 1 saturated carbocycles. The van der Waals surface area contributed by atoms with Gasteiger partial charge in [-0.1, -0.05) is 11.6 Å². The predicted molar refractivity (Wildman–Crippen MR) is 117 cm³/mol. The number of nitrogens with zero attached hydrogens (tertiary/aromatic N) is 1. The first kappa shape index (κ1) is 21.5. The Hall–Kier alpha value is -1.72. The molecular weight excluding hydrogens is 400 g/mol. The minimum Gasteiger partial charge on any atom is -0.340 e. The Bertz CT molecular complexity index is 860. The second-order valence-electron chi connectivity index (χ2n) is 9.50. The summed E-state index contributed by atoms with van der Waals surface area (Å²) in [6.45, 7) is 2.81. The number of fused-ring (bicyclic) bond motifs is 1. The average molecular weight is 431 g/mol. The number of benzene rings is 1. The summed E-state index contributed by atoms with van der Waals surface area (Å²) in [4.78, 5) is 39.6. The Morgan fingerprint density at radius 3 is 2.43 bits per heavy atom. The average Bonchev–Trinajstić information content (AvgIpc) is 3.06. The van der Waals surface area contributed by atoms with Crippen LogP contribution in [0.25, 0.3) is 0 Å². The molecule has 162 valence electrons. The second-order valence-corrected chi connectivity index (χ2v) is 9.91. The minimum absolute atomic E-state index is 0.0420. The van der Waals surface area contributed by atoms with Gasteiger partial charge in [-0.05, 0) is 74.6 Å². The van der Waals surface area contributed by atoms with Crippen LogP contribution in [-0.2, 0) is 22.4 Å². The van der Waals surface area contributed by atoms with E-state index in [9.17, 15) is 14.4 Å². The van der Waals surface area contributed by atoms with Crippen molar-refractivity contribution in [3.63, 3.8) is 0 Å². The van der Waals surface area contributed by atoms with Crippen molar-refractivity contribution in [1.82, 2.24) is 4.90 Å². The zero-order chi connectivity index (χ0) is 21.4. The SMILES string of the molecule is C[C@H]1CC(CC(=O)c2cc3c(cc2Cl)CC(=O)C3)CCN1C(=O)C1CCC(N)CC1. The van der Waals surface area contributed by atoms with Crippen molar-refractivity contribution in [3.8, 4) is 0 Å². The first-order valence-corrected chi connectivity index (χ1v) is 11.6. The minimum atomic E-state index is 0.0420. The molecule has 30 heavy (non-hydrogen) atoms. The maximum Gasteiger partial charge on any atom is 0.225 e. The molecule has 2 aliphatic carbocycles. The van der Waals surface area contributed by atoms with Gasteiger partial charge >= 0.3 is 0 Å². The predicted octanol–water partition coefficient (Wildman–Crippen LogP) is 3.73. The highest BCUT2D eigenvalue weighted by molar-refractivity contribution is 6.34. The summed E-state index contributed by atoms with van der Waals surface area (Å²) in [5.74, 6) is 0.850. The number of carbonyl (C=O) groups excluding carboxylic acids is 3. The van der Waals surface area contributed by atoms with Gasteiger partial charge in [-0.2, -0.15) is 0 Å². The fourth-order valence-corrected chi connectivity index (χ4v) is 5.74. The molecule has 1 aromatic rings. The Morgan fingerprint density at radius 1 is 1.10 bits per heavy atom. The second kappa shape index (κ2) is 8.80. The van der Waals surface area contributed by atoms with E-state index in [1.54, 1.807) is 6.07 Å². The van der Waals surface area contributed by atoms with Crippen LogP contribution in [0.5, 0.6) is 0 Å². The number of ketones is 2. The molecule has 0 bridgehead atoms. The third-order valence-corrected chi connectivity index (χ3v) is 7.54. The standard InChI is InChI=1S/C24H31ClN2O3/c1-14-8-15(6-7-27(14)24(30)16-2-4-19(26)5-3-16)9-23(29)21-12-17-10-20(28)11-18(17)13-22(21)25/h12-16,19H,2-11,26H2,1H3/t14-,15?,16?,19?/m0/s1. The highest BCUT2D eigenvalue weighted by Gasteiger charge is 2.35. The van der Waals surface area contributed by atoms with E-state index in [4.69, 9.17) is 17.3 Å². The molecule has 4 rings (SSSR count). The van der Waals surface area contributed by atoms with Crippen molar-refractivity contribution >= 4 is 29.1 Å². The highest BCUT2D eigenvalue weighted by Crippen LogP contribution is 2.33. The normalized spacial score (nSPS) is 29.0. The first-order valence-electron chi connectivity index (χ1n) is 11.2. The lowest BCUT2D eigenvalue weighted by molar-refractivity contribution is -0.140. The summed E-state index contributed by atoms with van der Waals surface area (Å²) in [6, 6.07) is 4.00. The number of Topliss-reactive ketones (excluding diaryl/α,β-unsaturated/α-hetero) is 2. The van der Waals surface area contributed by atoms with Gasteiger partial charge in [0.1, 0.15) is 5.78 Å². The maximum atomic E-state index is 13.0. The molecule has 1 aromatic carbocycles. The monoisotopic (exact) mass is 430 g/mol. The third-order valence-electron chi connectivity index (χ3n) is 7.23. The maximum absolute atomic E-state index is 13.0. The van der Waals surface area contributed by atoms with Crippen LogP contribution in [0.3, 0.4) is 0 Å². The number of likely N-dealkylation sites (tertiary alicyclic amines) is 1. The van der Waals surface area contributed by atoms with Gasteiger partial charge in [0.2, 0.25) is 5.91 Å². The molecule has 2 fully saturated rings. The lowest BCUT2D eigenvalue weighted by atomic mass is 9.82. The molecule has 3 aliphatic rings. The molecule has 1 unspecified atom stereocenters. The van der Waals surface area contributed by atoms with E-state index in [0.29, 0.717) is 36.4 Å². The van der Waals surface area contributed by atoms with Crippen LogP contribution in [0.1, 0.15) is 73.4 Å². The van der Waals surface area contributed by atoms with Gasteiger partial charge in [0.05, 0.1) is 5.02 Å². The molecule has 1 aliphatic heterocycles. The van der Waals surface area contributed by atoms with Crippen LogP contribution in [0.15, 0.2) is 12.1 Å². The highest BCUT2D eigenvalue weighted by atomic mass is 35.5. The van der Waals surface area contributed by atoms with Gasteiger partial charge in [-0.15, -0.1) is 0 Å². The van der Waals surface area contributed by atoms with Crippen LogP contribution in [-0.4, -0.2) is 41.0 Å². The number of rotatable bonds is 4. The van der Waals surface area contributed by atoms with Gasteiger partial charge in [0.15, 0.2) is 5.78 Å². The van der Waals surface area contributed by atoms with Gasteiger partial charge in [0, 0.05) is 49.4 Å². The van der Waals surface area contributed by atoms with Crippen LogP contribution < -0.4 is 5.73 Å². The molecule has 0 radical (unpaired) electrons. The number of halogens is 1. The number of piperidine rings is 1. The van der Waals surface area contributed by atoms with E-state index in [-0.39, 0.29) is 41.4 Å². The van der Waals surface area contributed by atoms with Gasteiger partial charge in [-0.3, -0.25) is 14.4 Å². The van der Waals surface area contributed by atoms with E-state index in [1.165, 1.54) is 0 Å². The van der Waals surface area contributed by atoms with Crippen LogP contribution in [0.2, 0.25) is 5.02 Å². The quantitative estimate of drug-likeness (QED) is 0.738. The lowest BCUT2D eigenvalue weighted by Crippen LogP contribution is -2.48. The van der Waals surface area contributed by atoms with Crippen molar-refractivity contribution in [2.75, 3.05) is 6.54 Å². The summed E-state index contributed by atoms with van der Waals surface area (Å²) < 4.78 is 0. The van der Waals surface area contributed by atoms with Crippen molar-refractivity contribution < 1.29 is 14.4 Å². The van der Waals surface area contributed by atoms with Gasteiger partial charge in [0.25, 0.3) is 0 Å². The van der Waals surface area contributed by atoms with Gasteiger partial charge in [-0.25, -0.2) is 0 Å². The Morgan fingerprint density at radius 2 is 1.77 bits per heavy atom. The third kappa shape index (κ3) is 4.47. The molecule has 6 heteroatoms. The van der Waals surface area contributed by atoms with E-state index >= 15 is 0 Å². The summed E-state index contributed by atoms with van der Waals surface area (Å²) in [6.07, 6.45) is 6.59. The zero-order valence-corrected chi connectivity index (χ0v) is 18.4. The van der Waals surface area contributed by atoms with Crippen LogP contribution in [0.4, 0.5) is 0 Å². The van der Waals surface area contributed by atoms with E-state index < -0.39 is 0 Å². The molecule has 0 aromatic heterocycles. The fourth-order valence-electron chi connectivity index (χ4n) is 5.44. The molecule has 1 heterocycles. The summed E-state index contributed by atoms with van der Waals surface area (Å²) in [5, 5.41) is 0.449. The smallest absolute Gasteiger partial charge is 0.225 e. The molecule has 0 spiro atoms. The van der Waals surface area contributed by atoms with E-state index in [1.807, 2.05) is 11.0 Å². The topological polar surface area (TPSA) is 80.5 Å². The van der Waals surface area contributed by atoms with Crippen LogP contribution in [0, 0.1) is 11.8 Å². The van der Waals surface area contributed by atoms with Crippen molar-refractivity contribution in [1.29, 1.82) is 0 Å². The number of hydrogen-bond acceptors (Lipinski definition) is 4. The molecule has 2 atom stereocenters. The Balaban J connectivity index is 1.35. The van der Waals surface area contributed by atoms with Gasteiger partial charge < -0.3 is 10.6 Å². The Labute approximate surface area is 183 Å². The molecule has 1 saturated heterocycles. The number of carbonyl (C=O) groups is 3. The Kier molecular flexibility index (Phi) is 6.31. The largest absolute Gasteiger partial charge is 0.340 e. The first-order chi connectivity index (χ1) is 14.3. The fraction of sp³-hybridized carbons (Fsp3) is 0.625. The summed E-state index contributed by atoms with van der Waals surface area (Å²) >= 11 is 6.36.